The molecule has 2 aromatic rings. The van der Waals surface area contributed by atoms with E-state index in [1.807, 2.05) is 43.3 Å². The smallest absolute Gasteiger partial charge is 0.150 e. The molecule has 1 atom stereocenters. The van der Waals surface area contributed by atoms with Crippen LogP contribution in [0, 0.1) is 6.92 Å². The van der Waals surface area contributed by atoms with Gasteiger partial charge in [0.05, 0.1) is 31.6 Å². The Balaban J connectivity index is 1.31. The lowest BCUT2D eigenvalue weighted by molar-refractivity contribution is 0.000375. The molecule has 0 spiro atoms. The van der Waals surface area contributed by atoms with Crippen molar-refractivity contribution in [1.82, 2.24) is 15.0 Å². The molecule has 136 valence electrons. The van der Waals surface area contributed by atoms with Gasteiger partial charge in [-0.2, -0.15) is 0 Å². The number of ether oxygens (including phenoxy) is 1. The summed E-state index contributed by atoms with van der Waals surface area (Å²) in [6.45, 7) is 8.14. The van der Waals surface area contributed by atoms with Gasteiger partial charge in [-0.15, -0.1) is 0 Å². The molecule has 1 saturated heterocycles. The molecule has 0 aliphatic carbocycles. The predicted octanol–water partition coefficient (Wildman–Crippen LogP) is 1.68. The van der Waals surface area contributed by atoms with Gasteiger partial charge in [0, 0.05) is 38.8 Å². The van der Waals surface area contributed by atoms with E-state index in [9.17, 15) is 5.11 Å². The van der Waals surface area contributed by atoms with Crippen molar-refractivity contribution in [3.05, 3.63) is 53.4 Å². The van der Waals surface area contributed by atoms with Crippen LogP contribution in [0.1, 0.15) is 17.0 Å². The zero-order valence-corrected chi connectivity index (χ0v) is 14.8. The number of β-amino-alcohol motifs (C(OH)–C–C–N with tert-alkyl or cyclic N) is 1. The maximum atomic E-state index is 10.2. The average molecular weight is 345 g/mol. The maximum Gasteiger partial charge on any atom is 0.150 e. The number of aromatic nitrogens is 1. The molecule has 1 aromatic carbocycles. The quantitative estimate of drug-likeness (QED) is 0.785. The van der Waals surface area contributed by atoms with E-state index in [0.717, 1.165) is 49.7 Å². The molecule has 6 heteroatoms. The second kappa shape index (κ2) is 9.10. The van der Waals surface area contributed by atoms with Gasteiger partial charge in [-0.1, -0.05) is 35.5 Å². The normalized spacial score (nSPS) is 17.7. The standard InChI is InChI=1S/C19H27N3O3/c1-16-11-19(25-20-16)13-22-9-7-21(8-10-22)12-18(23)15-24-14-17-5-3-2-4-6-17/h2-6,11,18,23H,7-10,12-15H2,1H3. The molecule has 0 radical (unpaired) electrons. The van der Waals surface area contributed by atoms with Crippen LogP contribution in [0.4, 0.5) is 0 Å². The minimum absolute atomic E-state index is 0.368. The number of hydrogen-bond donors (Lipinski definition) is 1. The van der Waals surface area contributed by atoms with Crippen LogP contribution in [0.15, 0.2) is 40.9 Å². The molecule has 1 aliphatic heterocycles. The van der Waals surface area contributed by atoms with Crippen molar-refractivity contribution >= 4 is 0 Å². The minimum Gasteiger partial charge on any atom is -0.389 e. The molecule has 1 aromatic heterocycles. The third-order valence-electron chi connectivity index (χ3n) is 4.41. The Kier molecular flexibility index (Phi) is 6.58. The number of aryl methyl sites for hydroxylation is 1. The summed E-state index contributed by atoms with van der Waals surface area (Å²) < 4.78 is 10.9. The van der Waals surface area contributed by atoms with E-state index < -0.39 is 6.10 Å². The Bertz CT molecular complexity index is 624. The molecule has 1 fully saturated rings. The van der Waals surface area contributed by atoms with Crippen molar-refractivity contribution in [2.45, 2.75) is 26.2 Å². The van der Waals surface area contributed by atoms with E-state index in [0.29, 0.717) is 19.8 Å². The topological polar surface area (TPSA) is 62.0 Å². The molecule has 0 bridgehead atoms. The number of nitrogens with zero attached hydrogens (tertiary/aromatic N) is 3. The summed E-state index contributed by atoms with van der Waals surface area (Å²) in [5, 5.41) is 14.1. The zero-order valence-electron chi connectivity index (χ0n) is 14.8. The Hall–Kier alpha value is -1.73. The number of rotatable bonds is 8. The Morgan fingerprint density at radius 3 is 2.56 bits per heavy atom. The molecular weight excluding hydrogens is 318 g/mol. The number of benzene rings is 1. The molecule has 0 amide bonds. The zero-order chi connectivity index (χ0) is 17.5. The van der Waals surface area contributed by atoms with Crippen LogP contribution in [0.25, 0.3) is 0 Å². The van der Waals surface area contributed by atoms with E-state index in [1.165, 1.54) is 0 Å². The highest BCUT2D eigenvalue weighted by Crippen LogP contribution is 2.10. The molecule has 3 rings (SSSR count). The molecule has 6 nitrogen and oxygen atoms in total. The summed E-state index contributed by atoms with van der Waals surface area (Å²) in [7, 11) is 0. The first-order chi connectivity index (χ1) is 12.2. The highest BCUT2D eigenvalue weighted by atomic mass is 16.5. The Morgan fingerprint density at radius 1 is 1.16 bits per heavy atom. The monoisotopic (exact) mass is 345 g/mol. The first kappa shape index (κ1) is 18.1. The van der Waals surface area contributed by atoms with Gasteiger partial charge in [-0.25, -0.2) is 0 Å². The summed E-state index contributed by atoms with van der Waals surface area (Å²) in [6.07, 6.45) is -0.452. The molecule has 1 aliphatic rings. The average Bonchev–Trinajstić information content (AvgIpc) is 3.02. The van der Waals surface area contributed by atoms with Gasteiger partial charge >= 0.3 is 0 Å². The van der Waals surface area contributed by atoms with Crippen LogP contribution in [0.3, 0.4) is 0 Å². The fourth-order valence-electron chi connectivity index (χ4n) is 3.08. The van der Waals surface area contributed by atoms with E-state index in [2.05, 4.69) is 15.0 Å². The lowest BCUT2D eigenvalue weighted by atomic mass is 10.2. The van der Waals surface area contributed by atoms with Crippen LogP contribution in [0.5, 0.6) is 0 Å². The number of hydrogen-bond acceptors (Lipinski definition) is 6. The van der Waals surface area contributed by atoms with E-state index in [4.69, 9.17) is 9.26 Å². The number of piperazine rings is 1. The number of aliphatic hydroxyl groups excluding tert-OH is 1. The van der Waals surface area contributed by atoms with Crippen molar-refractivity contribution in [2.24, 2.45) is 0 Å². The van der Waals surface area contributed by atoms with E-state index >= 15 is 0 Å². The molecule has 0 saturated carbocycles. The van der Waals surface area contributed by atoms with E-state index in [-0.39, 0.29) is 0 Å². The van der Waals surface area contributed by atoms with Crippen LogP contribution in [-0.4, -0.2) is 65.5 Å². The molecule has 2 heterocycles. The van der Waals surface area contributed by atoms with Gasteiger partial charge in [0.2, 0.25) is 0 Å². The first-order valence-corrected chi connectivity index (χ1v) is 8.85. The first-order valence-electron chi connectivity index (χ1n) is 8.85. The van der Waals surface area contributed by atoms with E-state index in [1.54, 1.807) is 0 Å². The summed E-state index contributed by atoms with van der Waals surface area (Å²) in [5.41, 5.74) is 2.05. The fraction of sp³-hybridized carbons (Fsp3) is 0.526. The van der Waals surface area contributed by atoms with Gasteiger partial charge in [0.1, 0.15) is 0 Å². The van der Waals surface area contributed by atoms with Crippen molar-refractivity contribution in [3.8, 4) is 0 Å². The van der Waals surface area contributed by atoms with Crippen molar-refractivity contribution in [3.63, 3.8) is 0 Å². The van der Waals surface area contributed by atoms with Crippen LogP contribution in [0.2, 0.25) is 0 Å². The summed E-state index contributed by atoms with van der Waals surface area (Å²) in [4.78, 5) is 4.65. The van der Waals surface area contributed by atoms with Gasteiger partial charge in [-0.05, 0) is 12.5 Å². The van der Waals surface area contributed by atoms with Gasteiger partial charge in [0.25, 0.3) is 0 Å². The van der Waals surface area contributed by atoms with Crippen molar-refractivity contribution in [1.29, 1.82) is 0 Å². The summed E-state index contributed by atoms with van der Waals surface area (Å²) in [5.74, 6) is 0.917. The van der Waals surface area contributed by atoms with Crippen molar-refractivity contribution in [2.75, 3.05) is 39.3 Å². The highest BCUT2D eigenvalue weighted by Gasteiger charge is 2.20. The second-order valence-electron chi connectivity index (χ2n) is 6.67. The van der Waals surface area contributed by atoms with Gasteiger partial charge < -0.3 is 14.4 Å². The fourth-order valence-corrected chi connectivity index (χ4v) is 3.08. The lowest BCUT2D eigenvalue weighted by Gasteiger charge is -2.35. The van der Waals surface area contributed by atoms with Crippen LogP contribution < -0.4 is 0 Å². The lowest BCUT2D eigenvalue weighted by Crippen LogP contribution is -2.48. The Morgan fingerprint density at radius 2 is 1.88 bits per heavy atom. The number of aliphatic hydroxyl groups is 1. The van der Waals surface area contributed by atoms with Gasteiger partial charge in [0.15, 0.2) is 5.76 Å². The summed E-state index contributed by atoms with van der Waals surface area (Å²) >= 11 is 0. The minimum atomic E-state index is -0.452. The van der Waals surface area contributed by atoms with Crippen LogP contribution >= 0.6 is 0 Å². The van der Waals surface area contributed by atoms with Crippen LogP contribution in [-0.2, 0) is 17.9 Å². The molecule has 1 unspecified atom stereocenters. The third-order valence-corrected chi connectivity index (χ3v) is 4.41. The highest BCUT2D eigenvalue weighted by molar-refractivity contribution is 5.13. The maximum absolute atomic E-state index is 10.2. The largest absolute Gasteiger partial charge is 0.389 e. The third kappa shape index (κ3) is 5.93. The molecular formula is C19H27N3O3. The second-order valence-corrected chi connectivity index (χ2v) is 6.67. The van der Waals surface area contributed by atoms with Crippen molar-refractivity contribution < 1.29 is 14.4 Å². The van der Waals surface area contributed by atoms with Gasteiger partial charge in [-0.3, -0.25) is 9.80 Å². The molecule has 25 heavy (non-hydrogen) atoms. The predicted molar refractivity (Wildman–Crippen MR) is 95.1 cm³/mol. The molecule has 1 N–H and O–H groups in total. The summed E-state index contributed by atoms with van der Waals surface area (Å²) in [6, 6.07) is 12.0. The Labute approximate surface area is 149 Å². The SMILES string of the molecule is Cc1cc(CN2CCN(CC(O)COCc3ccccc3)CC2)on1.